The number of aromatic nitrogens is 1. The van der Waals surface area contributed by atoms with Gasteiger partial charge < -0.3 is 15.4 Å². The normalized spacial score (nSPS) is 18.7. The second kappa shape index (κ2) is 12.4. The summed E-state index contributed by atoms with van der Waals surface area (Å²) in [5, 5.41) is 6.71. The quantitative estimate of drug-likeness (QED) is 0.368. The molecule has 1 fully saturated rings. The molecule has 0 amide bonds. The first kappa shape index (κ1) is 22.1. The molecule has 7 heteroatoms. The van der Waals surface area contributed by atoms with Gasteiger partial charge in [0.05, 0.1) is 12.7 Å². The highest BCUT2D eigenvalue weighted by Crippen LogP contribution is 2.07. The van der Waals surface area contributed by atoms with Crippen LogP contribution in [0.4, 0.5) is 0 Å². The molecule has 0 saturated carbocycles. The van der Waals surface area contributed by atoms with Crippen LogP contribution in [0.3, 0.4) is 0 Å². The number of hydrogen-bond acceptors (Lipinski definition) is 4. The van der Waals surface area contributed by atoms with Crippen molar-refractivity contribution in [3.05, 3.63) is 30.1 Å². The zero-order chi connectivity index (χ0) is 17.2. The van der Waals surface area contributed by atoms with Crippen LogP contribution in [0, 0.1) is 5.92 Å². The molecule has 142 valence electrons. The monoisotopic (exact) mass is 461 g/mol. The second-order valence-corrected chi connectivity index (χ2v) is 6.64. The van der Waals surface area contributed by atoms with Gasteiger partial charge in [0.2, 0.25) is 0 Å². The number of ether oxygens (including phenoxy) is 1. The first-order chi connectivity index (χ1) is 11.7. The van der Waals surface area contributed by atoms with E-state index in [1.807, 2.05) is 12.3 Å². The number of guanidine groups is 1. The number of aliphatic imine (C=N–C) groups is 1. The number of pyridine rings is 1. The highest BCUT2D eigenvalue weighted by Gasteiger charge is 2.20. The van der Waals surface area contributed by atoms with Gasteiger partial charge in [-0.3, -0.25) is 14.9 Å². The Bertz CT molecular complexity index is 497. The lowest BCUT2D eigenvalue weighted by molar-refractivity contribution is -0.0284. The maximum Gasteiger partial charge on any atom is 0.191 e. The summed E-state index contributed by atoms with van der Waals surface area (Å²) in [7, 11) is 1.80. The van der Waals surface area contributed by atoms with Crippen molar-refractivity contribution in [2.75, 3.05) is 46.4 Å². The van der Waals surface area contributed by atoms with Crippen molar-refractivity contribution in [1.82, 2.24) is 20.5 Å². The van der Waals surface area contributed by atoms with E-state index < -0.39 is 0 Å². The molecule has 2 N–H and O–H groups in total. The van der Waals surface area contributed by atoms with Gasteiger partial charge in [-0.05, 0) is 24.0 Å². The van der Waals surface area contributed by atoms with E-state index in [4.69, 9.17) is 4.74 Å². The molecule has 1 aliphatic heterocycles. The van der Waals surface area contributed by atoms with Crippen LogP contribution in [0.1, 0.15) is 19.4 Å². The lowest BCUT2D eigenvalue weighted by Crippen LogP contribution is -2.50. The Balaban J connectivity index is 0.00000312. The molecule has 0 radical (unpaired) electrons. The summed E-state index contributed by atoms with van der Waals surface area (Å²) in [6, 6.07) is 4.05. The Kier molecular flexibility index (Phi) is 11.0. The van der Waals surface area contributed by atoms with Crippen LogP contribution < -0.4 is 10.6 Å². The maximum atomic E-state index is 5.86. The third-order valence-corrected chi connectivity index (χ3v) is 4.00. The van der Waals surface area contributed by atoms with Gasteiger partial charge in [-0.25, -0.2) is 0 Å². The molecule has 1 atom stereocenters. The molecule has 6 nitrogen and oxygen atoms in total. The number of nitrogens with one attached hydrogen (secondary N) is 2. The fraction of sp³-hybridized carbons (Fsp3) is 0.667. The molecule has 25 heavy (non-hydrogen) atoms. The summed E-state index contributed by atoms with van der Waals surface area (Å²) in [6.45, 7) is 10.1. The minimum Gasteiger partial charge on any atom is -0.374 e. The van der Waals surface area contributed by atoms with Gasteiger partial charge in [0.1, 0.15) is 0 Å². The average Bonchev–Trinajstić information content (AvgIpc) is 2.58. The molecule has 1 saturated heterocycles. The minimum absolute atomic E-state index is 0. The van der Waals surface area contributed by atoms with Gasteiger partial charge in [0.25, 0.3) is 0 Å². The summed E-state index contributed by atoms with van der Waals surface area (Å²) in [5.74, 6) is 1.52. The molecule has 0 bridgehead atoms. The van der Waals surface area contributed by atoms with Crippen LogP contribution in [0.25, 0.3) is 0 Å². The summed E-state index contributed by atoms with van der Waals surface area (Å²) in [4.78, 5) is 10.9. The zero-order valence-corrected chi connectivity index (χ0v) is 17.9. The topological polar surface area (TPSA) is 61.8 Å². The van der Waals surface area contributed by atoms with Gasteiger partial charge in [0.15, 0.2) is 5.96 Å². The van der Waals surface area contributed by atoms with Crippen molar-refractivity contribution < 1.29 is 4.74 Å². The smallest absolute Gasteiger partial charge is 0.191 e. The Morgan fingerprint density at radius 3 is 2.96 bits per heavy atom. The Morgan fingerprint density at radius 2 is 2.28 bits per heavy atom. The fourth-order valence-electron chi connectivity index (χ4n) is 2.89. The highest BCUT2D eigenvalue weighted by molar-refractivity contribution is 14.0. The van der Waals surface area contributed by atoms with E-state index in [9.17, 15) is 0 Å². The molecule has 1 unspecified atom stereocenters. The first-order valence-corrected chi connectivity index (χ1v) is 8.84. The first-order valence-electron chi connectivity index (χ1n) is 8.84. The SMILES string of the molecule is CN=C(NCCc1cccnc1)NCC1CN(CC(C)C)CCO1.I. The lowest BCUT2D eigenvalue weighted by atomic mass is 10.2. The molecule has 1 aromatic heterocycles. The van der Waals surface area contributed by atoms with Gasteiger partial charge in [0, 0.05) is 52.2 Å². The van der Waals surface area contributed by atoms with E-state index >= 15 is 0 Å². The van der Waals surface area contributed by atoms with Crippen LogP contribution in [-0.4, -0.2) is 68.3 Å². The van der Waals surface area contributed by atoms with Crippen LogP contribution >= 0.6 is 24.0 Å². The molecule has 0 aliphatic carbocycles. The standard InChI is InChI=1S/C18H31N5O.HI/c1-15(2)13-23-9-10-24-17(14-23)12-22-18(19-3)21-8-6-16-5-4-7-20-11-16;/h4-5,7,11,15,17H,6,8-10,12-14H2,1-3H3,(H2,19,21,22);1H. The number of morpholine rings is 1. The van der Waals surface area contributed by atoms with Crippen molar-refractivity contribution in [1.29, 1.82) is 0 Å². The largest absolute Gasteiger partial charge is 0.374 e. The minimum atomic E-state index is 0. The van der Waals surface area contributed by atoms with Crippen LogP contribution in [0.2, 0.25) is 0 Å². The molecule has 1 aliphatic rings. The van der Waals surface area contributed by atoms with Crippen LogP contribution in [-0.2, 0) is 11.2 Å². The molecule has 0 aromatic carbocycles. The number of rotatable bonds is 7. The third-order valence-electron chi connectivity index (χ3n) is 4.00. The maximum absolute atomic E-state index is 5.86. The van der Waals surface area contributed by atoms with Gasteiger partial charge in [-0.1, -0.05) is 19.9 Å². The summed E-state index contributed by atoms with van der Waals surface area (Å²) in [5.41, 5.74) is 1.22. The van der Waals surface area contributed by atoms with Crippen molar-refractivity contribution in [2.45, 2.75) is 26.4 Å². The third kappa shape index (κ3) is 8.82. The van der Waals surface area contributed by atoms with Crippen molar-refractivity contribution >= 4 is 29.9 Å². The van der Waals surface area contributed by atoms with Crippen molar-refractivity contribution in [3.63, 3.8) is 0 Å². The fourth-order valence-corrected chi connectivity index (χ4v) is 2.89. The molecular formula is C18H32IN5O. The average molecular weight is 461 g/mol. The second-order valence-electron chi connectivity index (χ2n) is 6.64. The molecule has 2 heterocycles. The zero-order valence-electron chi connectivity index (χ0n) is 15.6. The molecule has 1 aromatic rings. The Labute approximate surface area is 168 Å². The number of halogens is 1. The predicted octanol–water partition coefficient (Wildman–Crippen LogP) is 1.76. The summed E-state index contributed by atoms with van der Waals surface area (Å²) >= 11 is 0. The van der Waals surface area contributed by atoms with Crippen molar-refractivity contribution in [3.8, 4) is 0 Å². The van der Waals surface area contributed by atoms with Gasteiger partial charge >= 0.3 is 0 Å². The van der Waals surface area contributed by atoms with E-state index in [1.54, 1.807) is 13.2 Å². The van der Waals surface area contributed by atoms with Gasteiger partial charge in [-0.15, -0.1) is 24.0 Å². The van der Waals surface area contributed by atoms with Crippen LogP contribution in [0.5, 0.6) is 0 Å². The summed E-state index contributed by atoms with van der Waals surface area (Å²) < 4.78 is 5.86. The molecule has 2 rings (SSSR count). The van der Waals surface area contributed by atoms with Gasteiger partial charge in [-0.2, -0.15) is 0 Å². The summed E-state index contributed by atoms with van der Waals surface area (Å²) in [6.07, 6.45) is 4.84. The Morgan fingerprint density at radius 1 is 1.44 bits per heavy atom. The van der Waals surface area contributed by atoms with Crippen LogP contribution in [0.15, 0.2) is 29.5 Å². The highest BCUT2D eigenvalue weighted by atomic mass is 127. The van der Waals surface area contributed by atoms with E-state index in [-0.39, 0.29) is 30.1 Å². The molecule has 0 spiro atoms. The van der Waals surface area contributed by atoms with E-state index in [0.29, 0.717) is 5.92 Å². The number of nitrogens with zero attached hydrogens (tertiary/aromatic N) is 3. The van der Waals surface area contributed by atoms with E-state index in [1.165, 1.54) is 5.56 Å². The van der Waals surface area contributed by atoms with E-state index in [0.717, 1.165) is 51.7 Å². The van der Waals surface area contributed by atoms with E-state index in [2.05, 4.69) is 45.4 Å². The number of hydrogen-bond donors (Lipinski definition) is 2. The molecular weight excluding hydrogens is 429 g/mol. The Hall–Kier alpha value is -0.930. The lowest BCUT2D eigenvalue weighted by Gasteiger charge is -2.34. The predicted molar refractivity (Wildman–Crippen MR) is 114 cm³/mol. The van der Waals surface area contributed by atoms with Crippen molar-refractivity contribution in [2.24, 2.45) is 10.9 Å².